The SMILES string of the molecule is COCCONC(C)c1ccc(S(C)(=O)=O)cc1. The molecule has 0 saturated carbocycles. The summed E-state index contributed by atoms with van der Waals surface area (Å²) in [6, 6.07) is 6.72. The first-order valence-corrected chi connectivity index (χ1v) is 7.50. The quantitative estimate of drug-likeness (QED) is 0.599. The van der Waals surface area contributed by atoms with Gasteiger partial charge in [0.05, 0.1) is 24.2 Å². The van der Waals surface area contributed by atoms with Gasteiger partial charge in [0.15, 0.2) is 9.84 Å². The van der Waals surface area contributed by atoms with Crippen LogP contribution in [0.25, 0.3) is 0 Å². The van der Waals surface area contributed by atoms with Crippen molar-refractivity contribution in [3.05, 3.63) is 29.8 Å². The third-order valence-electron chi connectivity index (χ3n) is 2.46. The van der Waals surface area contributed by atoms with E-state index >= 15 is 0 Å². The lowest BCUT2D eigenvalue weighted by atomic mass is 10.1. The predicted molar refractivity (Wildman–Crippen MR) is 68.9 cm³/mol. The molecule has 1 unspecified atom stereocenters. The molecule has 5 nitrogen and oxygen atoms in total. The first-order valence-electron chi connectivity index (χ1n) is 5.61. The highest BCUT2D eigenvalue weighted by molar-refractivity contribution is 7.90. The minimum Gasteiger partial charge on any atom is -0.382 e. The Labute approximate surface area is 108 Å². The third-order valence-corrected chi connectivity index (χ3v) is 3.59. The summed E-state index contributed by atoms with van der Waals surface area (Å²) in [5.41, 5.74) is 3.82. The smallest absolute Gasteiger partial charge is 0.175 e. The van der Waals surface area contributed by atoms with E-state index in [2.05, 4.69) is 5.48 Å². The van der Waals surface area contributed by atoms with Gasteiger partial charge in [0.1, 0.15) is 0 Å². The van der Waals surface area contributed by atoms with Crippen LogP contribution in [0.4, 0.5) is 0 Å². The zero-order valence-corrected chi connectivity index (χ0v) is 11.7. The molecule has 0 spiro atoms. The van der Waals surface area contributed by atoms with Crippen LogP contribution in [0.1, 0.15) is 18.5 Å². The Bertz CT molecular complexity index is 455. The van der Waals surface area contributed by atoms with Crippen molar-refractivity contribution in [2.75, 3.05) is 26.6 Å². The Kier molecular flexibility index (Phi) is 5.74. The molecular formula is C12H19NO4S. The summed E-state index contributed by atoms with van der Waals surface area (Å²) in [5, 5.41) is 0. The Balaban J connectivity index is 2.57. The van der Waals surface area contributed by atoms with E-state index in [9.17, 15) is 8.42 Å². The van der Waals surface area contributed by atoms with Gasteiger partial charge in [-0.15, -0.1) is 0 Å². The van der Waals surface area contributed by atoms with Gasteiger partial charge in [-0.1, -0.05) is 12.1 Å². The van der Waals surface area contributed by atoms with Crippen molar-refractivity contribution in [2.24, 2.45) is 0 Å². The topological polar surface area (TPSA) is 64.6 Å². The molecule has 102 valence electrons. The van der Waals surface area contributed by atoms with Crippen LogP contribution in [0.2, 0.25) is 0 Å². The van der Waals surface area contributed by atoms with Crippen LogP contribution in [0.5, 0.6) is 0 Å². The average Bonchev–Trinajstić information content (AvgIpc) is 2.33. The highest BCUT2D eigenvalue weighted by atomic mass is 32.2. The number of hydrogen-bond donors (Lipinski definition) is 1. The number of hydrogen-bond acceptors (Lipinski definition) is 5. The lowest BCUT2D eigenvalue weighted by molar-refractivity contribution is -0.00925. The molecule has 6 heteroatoms. The number of rotatable bonds is 7. The van der Waals surface area contributed by atoms with E-state index in [0.29, 0.717) is 18.1 Å². The molecule has 1 atom stereocenters. The van der Waals surface area contributed by atoms with Gasteiger partial charge in [-0.3, -0.25) is 4.84 Å². The van der Waals surface area contributed by atoms with Gasteiger partial charge < -0.3 is 4.74 Å². The molecule has 0 aromatic heterocycles. The minimum absolute atomic E-state index is 0.0181. The maximum Gasteiger partial charge on any atom is 0.175 e. The molecular weight excluding hydrogens is 254 g/mol. The van der Waals surface area contributed by atoms with E-state index in [1.807, 2.05) is 6.92 Å². The number of hydroxylamine groups is 1. The second kappa shape index (κ2) is 6.84. The maximum absolute atomic E-state index is 11.3. The van der Waals surface area contributed by atoms with Crippen molar-refractivity contribution >= 4 is 9.84 Å². The fraction of sp³-hybridized carbons (Fsp3) is 0.500. The van der Waals surface area contributed by atoms with Gasteiger partial charge in [0.2, 0.25) is 0 Å². The Morgan fingerprint density at radius 2 is 1.83 bits per heavy atom. The van der Waals surface area contributed by atoms with Gasteiger partial charge in [-0.2, -0.15) is 5.48 Å². The van der Waals surface area contributed by atoms with Gasteiger partial charge >= 0.3 is 0 Å². The summed E-state index contributed by atoms with van der Waals surface area (Å²) < 4.78 is 27.5. The van der Waals surface area contributed by atoms with Gasteiger partial charge in [-0.25, -0.2) is 8.42 Å². The van der Waals surface area contributed by atoms with Crippen LogP contribution >= 0.6 is 0 Å². The zero-order valence-electron chi connectivity index (χ0n) is 10.8. The Hall–Kier alpha value is -0.950. The maximum atomic E-state index is 11.3. The first-order chi connectivity index (χ1) is 8.45. The molecule has 0 aliphatic rings. The van der Waals surface area contributed by atoms with E-state index in [1.54, 1.807) is 31.4 Å². The normalized spacial score (nSPS) is 13.5. The number of benzene rings is 1. The molecule has 0 saturated heterocycles. The fourth-order valence-electron chi connectivity index (χ4n) is 1.38. The molecule has 0 fully saturated rings. The summed E-state index contributed by atoms with van der Waals surface area (Å²) in [7, 11) is -1.53. The van der Waals surface area contributed by atoms with Gasteiger partial charge in [0.25, 0.3) is 0 Å². The molecule has 1 aromatic carbocycles. The van der Waals surface area contributed by atoms with E-state index in [-0.39, 0.29) is 6.04 Å². The molecule has 1 rings (SSSR count). The fourth-order valence-corrected chi connectivity index (χ4v) is 2.01. The van der Waals surface area contributed by atoms with Gasteiger partial charge in [0, 0.05) is 13.4 Å². The third kappa shape index (κ3) is 4.73. The largest absolute Gasteiger partial charge is 0.382 e. The number of methoxy groups -OCH3 is 1. The molecule has 1 N–H and O–H groups in total. The highest BCUT2D eigenvalue weighted by Crippen LogP contribution is 2.16. The van der Waals surface area contributed by atoms with E-state index in [4.69, 9.17) is 9.57 Å². The number of nitrogens with one attached hydrogen (secondary N) is 1. The molecule has 0 radical (unpaired) electrons. The lowest BCUT2D eigenvalue weighted by Crippen LogP contribution is -2.21. The number of sulfone groups is 1. The number of ether oxygens (including phenoxy) is 1. The predicted octanol–water partition coefficient (Wildman–Crippen LogP) is 1.32. The van der Waals surface area contributed by atoms with Crippen molar-refractivity contribution in [3.63, 3.8) is 0 Å². The summed E-state index contributed by atoms with van der Waals surface area (Å²) in [5.74, 6) is 0. The molecule has 1 aromatic rings. The Morgan fingerprint density at radius 3 is 2.33 bits per heavy atom. The van der Waals surface area contributed by atoms with Crippen LogP contribution in [-0.4, -0.2) is 35.0 Å². The molecule has 18 heavy (non-hydrogen) atoms. The Morgan fingerprint density at radius 1 is 1.22 bits per heavy atom. The molecule has 0 amide bonds. The molecule has 0 heterocycles. The van der Waals surface area contributed by atoms with E-state index < -0.39 is 9.84 Å². The van der Waals surface area contributed by atoms with Crippen molar-refractivity contribution in [1.82, 2.24) is 5.48 Å². The average molecular weight is 273 g/mol. The summed E-state index contributed by atoms with van der Waals surface area (Å²) in [6.07, 6.45) is 1.19. The zero-order chi connectivity index (χ0) is 13.6. The first kappa shape index (κ1) is 15.1. The monoisotopic (exact) mass is 273 g/mol. The van der Waals surface area contributed by atoms with Crippen molar-refractivity contribution in [1.29, 1.82) is 0 Å². The van der Waals surface area contributed by atoms with Gasteiger partial charge in [-0.05, 0) is 24.6 Å². The highest BCUT2D eigenvalue weighted by Gasteiger charge is 2.09. The van der Waals surface area contributed by atoms with E-state index in [0.717, 1.165) is 5.56 Å². The van der Waals surface area contributed by atoms with E-state index in [1.165, 1.54) is 6.26 Å². The molecule has 0 aliphatic carbocycles. The van der Waals surface area contributed by atoms with Crippen LogP contribution in [0.3, 0.4) is 0 Å². The van der Waals surface area contributed by atoms with Crippen molar-refractivity contribution < 1.29 is 18.0 Å². The van der Waals surface area contributed by atoms with Crippen LogP contribution < -0.4 is 5.48 Å². The second-order valence-corrected chi connectivity index (χ2v) is 6.04. The van der Waals surface area contributed by atoms with Crippen molar-refractivity contribution in [3.8, 4) is 0 Å². The van der Waals surface area contributed by atoms with Crippen LogP contribution in [0, 0.1) is 0 Å². The molecule has 0 bridgehead atoms. The standard InChI is InChI=1S/C12H19NO4S/c1-10(13-17-9-8-16-2)11-4-6-12(7-5-11)18(3,14)15/h4-7,10,13H,8-9H2,1-3H3. The second-order valence-electron chi connectivity index (χ2n) is 4.02. The lowest BCUT2D eigenvalue weighted by Gasteiger charge is -2.14. The summed E-state index contributed by atoms with van der Waals surface area (Å²) in [4.78, 5) is 5.51. The minimum atomic E-state index is -3.14. The molecule has 0 aliphatic heterocycles. The summed E-state index contributed by atoms with van der Waals surface area (Å²) in [6.45, 7) is 2.91. The van der Waals surface area contributed by atoms with Crippen LogP contribution in [-0.2, 0) is 19.4 Å². The summed E-state index contributed by atoms with van der Waals surface area (Å²) >= 11 is 0. The van der Waals surface area contributed by atoms with Crippen LogP contribution in [0.15, 0.2) is 29.2 Å². The van der Waals surface area contributed by atoms with Crippen molar-refractivity contribution in [2.45, 2.75) is 17.9 Å².